The molecule has 3 rings (SSSR count). The smallest absolute Gasteiger partial charge is 0.414 e. The third-order valence-corrected chi connectivity index (χ3v) is 4.91. The number of fused-ring (bicyclic) bond motifs is 1. The van der Waals surface area contributed by atoms with Crippen LogP contribution in [0.3, 0.4) is 0 Å². The van der Waals surface area contributed by atoms with Crippen molar-refractivity contribution >= 4 is 11.8 Å². The predicted molar refractivity (Wildman–Crippen MR) is 102 cm³/mol. The molecule has 0 aromatic heterocycles. The maximum atomic E-state index is 12.9. The Labute approximate surface area is 150 Å². The lowest BCUT2D eigenvalue weighted by Crippen LogP contribution is -2.44. The molecule has 0 saturated carbocycles. The van der Waals surface area contributed by atoms with E-state index in [1.807, 2.05) is 53.4 Å². The highest BCUT2D eigenvalue weighted by Gasteiger charge is 2.31. The molecule has 3 nitrogen and oxygen atoms in total. The molecule has 0 spiro atoms. The van der Waals surface area contributed by atoms with E-state index in [1.54, 1.807) is 0 Å². The van der Waals surface area contributed by atoms with Gasteiger partial charge in [-0.2, -0.15) is 0 Å². The first-order chi connectivity index (χ1) is 12.3. The molecule has 132 valence electrons. The van der Waals surface area contributed by atoms with Gasteiger partial charge >= 0.3 is 6.09 Å². The quantitative estimate of drug-likeness (QED) is 0.630. The van der Waals surface area contributed by atoms with Crippen LogP contribution in [-0.4, -0.2) is 12.1 Å². The number of carbonyl (C=O) groups excluding carboxylic acids is 1. The standard InChI is InChI=1S/C22H27NO2/c1-2-3-5-13-20-16-15-19-12-8-9-14-21(19)23(20)22(24)25-17-18-10-6-4-7-11-18/h4,6-12,14,20H,2-3,5,13,15-17H2,1H3/t20-/m1/s1. The highest BCUT2D eigenvalue weighted by molar-refractivity contribution is 5.90. The van der Waals surface area contributed by atoms with E-state index in [-0.39, 0.29) is 12.1 Å². The number of unbranched alkanes of at least 4 members (excludes halogenated alkanes) is 2. The van der Waals surface area contributed by atoms with E-state index in [2.05, 4.69) is 13.0 Å². The SMILES string of the molecule is CCCCC[C@@H]1CCc2ccccc2N1C(=O)OCc1ccccc1. The number of hydrogen-bond acceptors (Lipinski definition) is 2. The number of amides is 1. The molecule has 1 amide bonds. The lowest BCUT2D eigenvalue weighted by molar-refractivity contribution is 0.143. The number of rotatable bonds is 6. The Bertz CT molecular complexity index is 683. The second kappa shape index (κ2) is 8.70. The number of anilines is 1. The molecule has 0 unspecified atom stereocenters. The van der Waals surface area contributed by atoms with Crippen LogP contribution in [0.4, 0.5) is 10.5 Å². The second-order valence-corrected chi connectivity index (χ2v) is 6.73. The van der Waals surface area contributed by atoms with Gasteiger partial charge in [0.25, 0.3) is 0 Å². The molecule has 3 heteroatoms. The van der Waals surface area contributed by atoms with E-state index in [0.29, 0.717) is 6.61 Å². The van der Waals surface area contributed by atoms with Crippen molar-refractivity contribution in [3.63, 3.8) is 0 Å². The van der Waals surface area contributed by atoms with Gasteiger partial charge in [0.15, 0.2) is 0 Å². The van der Waals surface area contributed by atoms with Gasteiger partial charge in [-0.3, -0.25) is 4.90 Å². The fourth-order valence-electron chi connectivity index (χ4n) is 3.54. The zero-order valence-electron chi connectivity index (χ0n) is 15.0. The van der Waals surface area contributed by atoms with Crippen LogP contribution in [0.25, 0.3) is 0 Å². The molecule has 1 atom stereocenters. The molecule has 2 aromatic rings. The number of benzene rings is 2. The third kappa shape index (κ3) is 4.41. The lowest BCUT2D eigenvalue weighted by atomic mass is 9.93. The Morgan fingerprint density at radius 3 is 2.64 bits per heavy atom. The fourth-order valence-corrected chi connectivity index (χ4v) is 3.54. The summed E-state index contributed by atoms with van der Waals surface area (Å²) in [7, 11) is 0. The van der Waals surface area contributed by atoms with Gasteiger partial charge in [0.2, 0.25) is 0 Å². The van der Waals surface area contributed by atoms with Crippen molar-refractivity contribution in [3.05, 3.63) is 65.7 Å². The van der Waals surface area contributed by atoms with E-state index in [1.165, 1.54) is 18.4 Å². The number of hydrogen-bond donors (Lipinski definition) is 0. The van der Waals surface area contributed by atoms with Crippen LogP contribution in [0.1, 0.15) is 50.2 Å². The van der Waals surface area contributed by atoms with Crippen molar-refractivity contribution in [2.75, 3.05) is 4.90 Å². The summed E-state index contributed by atoms with van der Waals surface area (Å²) in [6, 6.07) is 18.3. The number of ether oxygens (including phenoxy) is 1. The molecular formula is C22H27NO2. The van der Waals surface area contributed by atoms with Crippen molar-refractivity contribution in [2.24, 2.45) is 0 Å². The van der Waals surface area contributed by atoms with Gasteiger partial charge in [-0.1, -0.05) is 74.7 Å². The summed E-state index contributed by atoms with van der Waals surface area (Å²) >= 11 is 0. The van der Waals surface area contributed by atoms with Gasteiger partial charge < -0.3 is 4.74 Å². The summed E-state index contributed by atoms with van der Waals surface area (Å²) in [6.07, 6.45) is 6.44. The Morgan fingerprint density at radius 1 is 1.08 bits per heavy atom. The van der Waals surface area contributed by atoms with Gasteiger partial charge in [-0.25, -0.2) is 4.79 Å². The number of para-hydroxylation sites is 1. The summed E-state index contributed by atoms with van der Waals surface area (Å²) in [5.41, 5.74) is 3.28. The first-order valence-electron chi connectivity index (χ1n) is 9.37. The van der Waals surface area contributed by atoms with E-state index in [9.17, 15) is 4.79 Å². The zero-order valence-corrected chi connectivity index (χ0v) is 15.0. The van der Waals surface area contributed by atoms with Crippen LogP contribution in [0.2, 0.25) is 0 Å². The normalized spacial score (nSPS) is 16.4. The average Bonchev–Trinajstić information content (AvgIpc) is 2.67. The second-order valence-electron chi connectivity index (χ2n) is 6.73. The summed E-state index contributed by atoms with van der Waals surface area (Å²) in [4.78, 5) is 14.8. The molecule has 0 saturated heterocycles. The Kier molecular flexibility index (Phi) is 6.10. The molecule has 1 heterocycles. The average molecular weight is 337 g/mol. The van der Waals surface area contributed by atoms with Gasteiger partial charge in [0.05, 0.1) is 5.69 Å². The van der Waals surface area contributed by atoms with Gasteiger partial charge in [0, 0.05) is 6.04 Å². The molecule has 25 heavy (non-hydrogen) atoms. The van der Waals surface area contributed by atoms with Crippen molar-refractivity contribution in [2.45, 2.75) is 58.1 Å². The summed E-state index contributed by atoms with van der Waals surface area (Å²) < 4.78 is 5.65. The zero-order chi connectivity index (χ0) is 17.5. The molecular weight excluding hydrogens is 310 g/mol. The highest BCUT2D eigenvalue weighted by Crippen LogP contribution is 2.33. The minimum Gasteiger partial charge on any atom is -0.444 e. The number of carbonyl (C=O) groups is 1. The highest BCUT2D eigenvalue weighted by atomic mass is 16.6. The van der Waals surface area contributed by atoms with Crippen LogP contribution < -0.4 is 4.90 Å². The minimum atomic E-state index is -0.225. The van der Waals surface area contributed by atoms with Crippen LogP contribution in [0.15, 0.2) is 54.6 Å². The van der Waals surface area contributed by atoms with E-state index >= 15 is 0 Å². The molecule has 1 aliphatic rings. The van der Waals surface area contributed by atoms with Crippen molar-refractivity contribution in [1.29, 1.82) is 0 Å². The van der Waals surface area contributed by atoms with Crippen molar-refractivity contribution in [3.8, 4) is 0 Å². The monoisotopic (exact) mass is 337 g/mol. The largest absolute Gasteiger partial charge is 0.444 e. The molecule has 0 bridgehead atoms. The maximum absolute atomic E-state index is 12.9. The third-order valence-electron chi connectivity index (χ3n) is 4.91. The molecule has 0 radical (unpaired) electrons. The molecule has 0 aliphatic carbocycles. The summed E-state index contributed by atoms with van der Waals surface area (Å²) in [5, 5.41) is 0. The van der Waals surface area contributed by atoms with Gasteiger partial charge in [0.1, 0.15) is 6.61 Å². The Balaban J connectivity index is 1.74. The van der Waals surface area contributed by atoms with Crippen LogP contribution >= 0.6 is 0 Å². The summed E-state index contributed by atoms with van der Waals surface area (Å²) in [6.45, 7) is 2.53. The molecule has 1 aliphatic heterocycles. The predicted octanol–water partition coefficient (Wildman–Crippen LogP) is 5.72. The van der Waals surface area contributed by atoms with Crippen LogP contribution in [0.5, 0.6) is 0 Å². The molecule has 0 N–H and O–H groups in total. The van der Waals surface area contributed by atoms with Crippen LogP contribution in [0, 0.1) is 0 Å². The van der Waals surface area contributed by atoms with Gasteiger partial charge in [-0.05, 0) is 36.5 Å². The minimum absolute atomic E-state index is 0.225. The lowest BCUT2D eigenvalue weighted by Gasteiger charge is -2.36. The fraction of sp³-hybridized carbons (Fsp3) is 0.409. The Hall–Kier alpha value is -2.29. The van der Waals surface area contributed by atoms with Crippen molar-refractivity contribution in [1.82, 2.24) is 0 Å². The molecule has 0 fully saturated rings. The first-order valence-corrected chi connectivity index (χ1v) is 9.37. The topological polar surface area (TPSA) is 29.5 Å². The first kappa shape index (κ1) is 17.5. The van der Waals surface area contributed by atoms with Crippen molar-refractivity contribution < 1.29 is 9.53 Å². The Morgan fingerprint density at radius 2 is 1.84 bits per heavy atom. The number of aryl methyl sites for hydroxylation is 1. The summed E-state index contributed by atoms with van der Waals surface area (Å²) in [5.74, 6) is 0. The van der Waals surface area contributed by atoms with E-state index in [0.717, 1.165) is 36.9 Å². The van der Waals surface area contributed by atoms with Crippen LogP contribution in [-0.2, 0) is 17.8 Å². The molecule has 2 aromatic carbocycles. The van der Waals surface area contributed by atoms with E-state index < -0.39 is 0 Å². The van der Waals surface area contributed by atoms with Gasteiger partial charge in [-0.15, -0.1) is 0 Å². The maximum Gasteiger partial charge on any atom is 0.414 e. The number of nitrogens with zero attached hydrogens (tertiary/aromatic N) is 1. The van der Waals surface area contributed by atoms with E-state index in [4.69, 9.17) is 4.74 Å².